The summed E-state index contributed by atoms with van der Waals surface area (Å²) < 4.78 is 5.37. The van der Waals surface area contributed by atoms with E-state index in [1.165, 1.54) is 37.1 Å². The van der Waals surface area contributed by atoms with Gasteiger partial charge < -0.3 is 4.42 Å². The fraction of sp³-hybridized carbons (Fsp3) is 0.583. The molecule has 1 aliphatic carbocycles. The number of rotatable bonds is 2. The van der Waals surface area contributed by atoms with Crippen LogP contribution in [-0.4, -0.2) is 15.2 Å². The van der Waals surface area contributed by atoms with Crippen LogP contribution in [0.1, 0.15) is 48.7 Å². The molecule has 0 spiro atoms. The van der Waals surface area contributed by atoms with E-state index >= 15 is 0 Å². The number of aromatic amines is 1. The van der Waals surface area contributed by atoms with E-state index in [0.717, 1.165) is 10.6 Å². The number of nitrogens with one attached hydrogen (secondary N) is 1. The van der Waals surface area contributed by atoms with Gasteiger partial charge in [-0.3, -0.25) is 0 Å². The van der Waals surface area contributed by atoms with Gasteiger partial charge in [-0.2, -0.15) is 0 Å². The molecule has 0 amide bonds. The molecule has 0 radical (unpaired) electrons. The Balaban J connectivity index is 1.92. The maximum Gasteiger partial charge on any atom is 0.284 e. The van der Waals surface area contributed by atoms with Crippen molar-refractivity contribution < 1.29 is 4.42 Å². The van der Waals surface area contributed by atoms with Gasteiger partial charge in [-0.05, 0) is 32.0 Å². The van der Waals surface area contributed by atoms with Crippen molar-refractivity contribution in [2.75, 3.05) is 0 Å². The highest BCUT2D eigenvalue weighted by molar-refractivity contribution is 7.71. The van der Waals surface area contributed by atoms with Crippen LogP contribution in [0.4, 0.5) is 0 Å². The monoisotopic (exact) mass is 281 g/mol. The summed E-state index contributed by atoms with van der Waals surface area (Å²) in [6.45, 7) is 2.01. The van der Waals surface area contributed by atoms with Crippen molar-refractivity contribution in [3.63, 3.8) is 0 Å². The summed E-state index contributed by atoms with van der Waals surface area (Å²) in [6.07, 6.45) is 6.53. The van der Waals surface area contributed by atoms with Crippen molar-refractivity contribution in [1.29, 1.82) is 0 Å². The first-order valence-electron chi connectivity index (χ1n) is 6.27. The Kier molecular flexibility index (Phi) is 3.30. The molecule has 1 aliphatic rings. The first kappa shape index (κ1) is 12.0. The van der Waals surface area contributed by atoms with Gasteiger partial charge in [-0.25, -0.2) is 10.1 Å². The summed E-state index contributed by atoms with van der Waals surface area (Å²) in [5.74, 6) is 1.19. The summed E-state index contributed by atoms with van der Waals surface area (Å²) in [4.78, 5) is 6.01. The maximum atomic E-state index is 5.37. The van der Waals surface area contributed by atoms with Gasteiger partial charge in [0.15, 0.2) is 0 Å². The third-order valence-corrected chi connectivity index (χ3v) is 4.88. The van der Waals surface area contributed by atoms with Crippen molar-refractivity contribution in [3.05, 3.63) is 15.5 Å². The fourth-order valence-electron chi connectivity index (χ4n) is 2.47. The summed E-state index contributed by atoms with van der Waals surface area (Å²) >= 11 is 6.61. The van der Waals surface area contributed by atoms with Crippen LogP contribution in [0.3, 0.4) is 0 Å². The Hall–Kier alpha value is -1.01. The fourth-order valence-corrected chi connectivity index (χ4v) is 3.75. The van der Waals surface area contributed by atoms with Crippen LogP contribution in [0.2, 0.25) is 0 Å². The molecular formula is C12H15N3OS2. The molecule has 0 aliphatic heterocycles. The highest BCUT2D eigenvalue weighted by Crippen LogP contribution is 2.38. The number of aromatic nitrogens is 3. The number of aryl methyl sites for hydroxylation is 1. The molecule has 96 valence electrons. The van der Waals surface area contributed by atoms with E-state index in [1.807, 2.05) is 6.92 Å². The molecule has 0 aromatic carbocycles. The summed E-state index contributed by atoms with van der Waals surface area (Å²) in [5.41, 5.74) is 0.992. The first-order valence-corrected chi connectivity index (χ1v) is 7.49. The van der Waals surface area contributed by atoms with Gasteiger partial charge in [0.05, 0.1) is 10.7 Å². The molecule has 2 aromatic rings. The van der Waals surface area contributed by atoms with Gasteiger partial charge in [0.1, 0.15) is 4.88 Å². The second-order valence-electron chi connectivity index (χ2n) is 4.72. The Morgan fingerprint density at radius 3 is 2.78 bits per heavy atom. The van der Waals surface area contributed by atoms with Gasteiger partial charge in [0.2, 0.25) is 0 Å². The zero-order chi connectivity index (χ0) is 12.5. The molecular weight excluding hydrogens is 266 g/mol. The normalized spacial score (nSPS) is 17.2. The second kappa shape index (κ2) is 4.93. The lowest BCUT2D eigenvalue weighted by Gasteiger charge is -2.18. The quantitative estimate of drug-likeness (QED) is 0.838. The van der Waals surface area contributed by atoms with Gasteiger partial charge in [-0.1, -0.05) is 19.3 Å². The molecule has 18 heavy (non-hydrogen) atoms. The van der Waals surface area contributed by atoms with E-state index in [2.05, 4.69) is 10.2 Å². The molecule has 2 heterocycles. The molecule has 1 N–H and O–H groups in total. The molecule has 0 atom stereocenters. The average molecular weight is 281 g/mol. The topological polar surface area (TPSA) is 54.7 Å². The third-order valence-electron chi connectivity index (χ3n) is 3.40. The molecule has 0 unspecified atom stereocenters. The van der Waals surface area contributed by atoms with Crippen molar-refractivity contribution in [2.24, 2.45) is 0 Å². The standard InChI is InChI=1S/C12H15N3OS2/c1-7-9(10-14-15-12(17)16-10)18-11(13-7)8-5-3-2-4-6-8/h8H,2-6H2,1H3,(H,15,17). The first-order chi connectivity index (χ1) is 8.74. The van der Waals surface area contributed by atoms with Crippen LogP contribution in [0, 0.1) is 11.8 Å². The summed E-state index contributed by atoms with van der Waals surface area (Å²) in [7, 11) is 0. The summed E-state index contributed by atoms with van der Waals surface area (Å²) in [6, 6.07) is 0. The number of hydrogen-bond donors (Lipinski definition) is 1. The van der Waals surface area contributed by atoms with Crippen LogP contribution in [0.15, 0.2) is 4.42 Å². The lowest BCUT2D eigenvalue weighted by atomic mass is 9.90. The Labute approximate surface area is 114 Å². The van der Waals surface area contributed by atoms with E-state index in [4.69, 9.17) is 21.6 Å². The third kappa shape index (κ3) is 2.27. The van der Waals surface area contributed by atoms with E-state index in [0.29, 0.717) is 16.6 Å². The number of hydrogen-bond acceptors (Lipinski definition) is 5. The van der Waals surface area contributed by atoms with E-state index in [-0.39, 0.29) is 0 Å². The smallest absolute Gasteiger partial charge is 0.284 e. The molecule has 0 saturated heterocycles. The number of thiazole rings is 1. The summed E-state index contributed by atoms with van der Waals surface area (Å²) in [5, 5.41) is 7.97. The van der Waals surface area contributed by atoms with Crippen molar-refractivity contribution in [3.8, 4) is 10.8 Å². The van der Waals surface area contributed by atoms with E-state index in [9.17, 15) is 0 Å². The predicted molar refractivity (Wildman–Crippen MR) is 73.4 cm³/mol. The minimum Gasteiger partial charge on any atom is -0.408 e. The Bertz CT molecular complexity index is 592. The molecule has 2 aromatic heterocycles. The molecule has 6 heteroatoms. The molecule has 0 bridgehead atoms. The van der Waals surface area contributed by atoms with Crippen molar-refractivity contribution in [2.45, 2.75) is 44.9 Å². The van der Waals surface area contributed by atoms with Crippen LogP contribution < -0.4 is 0 Å². The zero-order valence-electron chi connectivity index (χ0n) is 10.2. The lowest BCUT2D eigenvalue weighted by Crippen LogP contribution is -2.03. The van der Waals surface area contributed by atoms with Crippen molar-refractivity contribution >= 4 is 23.6 Å². The Morgan fingerprint density at radius 2 is 2.11 bits per heavy atom. The highest BCUT2D eigenvalue weighted by Gasteiger charge is 2.22. The van der Waals surface area contributed by atoms with Crippen LogP contribution in [-0.2, 0) is 0 Å². The second-order valence-corrected chi connectivity index (χ2v) is 6.12. The highest BCUT2D eigenvalue weighted by atomic mass is 32.1. The lowest BCUT2D eigenvalue weighted by molar-refractivity contribution is 0.442. The maximum absolute atomic E-state index is 5.37. The minimum absolute atomic E-state index is 0.317. The van der Waals surface area contributed by atoms with Crippen LogP contribution >= 0.6 is 23.6 Å². The van der Waals surface area contributed by atoms with Gasteiger partial charge in [0.25, 0.3) is 10.7 Å². The number of nitrogens with zero attached hydrogens (tertiary/aromatic N) is 2. The van der Waals surface area contributed by atoms with E-state index in [1.54, 1.807) is 11.3 Å². The van der Waals surface area contributed by atoms with E-state index < -0.39 is 0 Å². The predicted octanol–water partition coefficient (Wildman–Crippen LogP) is 4.21. The molecule has 1 fully saturated rings. The number of H-pyrrole nitrogens is 1. The van der Waals surface area contributed by atoms with Gasteiger partial charge in [-0.15, -0.1) is 16.4 Å². The minimum atomic E-state index is 0.317. The molecule has 4 nitrogen and oxygen atoms in total. The largest absolute Gasteiger partial charge is 0.408 e. The molecule has 3 rings (SSSR count). The van der Waals surface area contributed by atoms with Gasteiger partial charge >= 0.3 is 0 Å². The Morgan fingerprint density at radius 1 is 1.33 bits per heavy atom. The van der Waals surface area contributed by atoms with Crippen LogP contribution in [0.25, 0.3) is 10.8 Å². The van der Waals surface area contributed by atoms with Crippen molar-refractivity contribution in [1.82, 2.24) is 15.2 Å². The van der Waals surface area contributed by atoms with Gasteiger partial charge in [0, 0.05) is 5.92 Å². The van der Waals surface area contributed by atoms with Crippen LogP contribution in [0.5, 0.6) is 0 Å². The average Bonchev–Trinajstić information content (AvgIpc) is 2.97. The molecule has 1 saturated carbocycles. The zero-order valence-corrected chi connectivity index (χ0v) is 11.9. The SMILES string of the molecule is Cc1nc(C2CCCCC2)sc1-c1n[nH]c(=S)o1.